The lowest BCUT2D eigenvalue weighted by Crippen LogP contribution is -2.69. The molecule has 1 aliphatic rings. The van der Waals surface area contributed by atoms with Crippen molar-refractivity contribution >= 4 is 5.96 Å². The normalized spacial score (nSPS) is 27.4. The van der Waals surface area contributed by atoms with Gasteiger partial charge in [0, 0.05) is 31.7 Å². The molecule has 1 aromatic heterocycles. The number of hydrogen-bond donors (Lipinski definition) is 2. The Balaban J connectivity index is 1.89. The van der Waals surface area contributed by atoms with E-state index in [0.717, 1.165) is 30.3 Å². The van der Waals surface area contributed by atoms with Gasteiger partial charge in [-0.1, -0.05) is 25.9 Å². The summed E-state index contributed by atoms with van der Waals surface area (Å²) in [4.78, 5) is 4.28. The number of rotatable bonds is 5. The summed E-state index contributed by atoms with van der Waals surface area (Å²) in [6, 6.07) is 2.29. The van der Waals surface area contributed by atoms with Crippen LogP contribution in [0.25, 0.3) is 0 Å². The highest BCUT2D eigenvalue weighted by Crippen LogP contribution is 2.51. The van der Waals surface area contributed by atoms with Gasteiger partial charge in [-0.2, -0.15) is 0 Å². The lowest BCUT2D eigenvalue weighted by atomic mass is 9.56. The second kappa shape index (κ2) is 6.28. The topological polar surface area (TPSA) is 71.7 Å². The van der Waals surface area contributed by atoms with Gasteiger partial charge in [-0.15, -0.1) is 0 Å². The molecule has 2 rings (SSSR count). The number of ether oxygens (including phenoxy) is 1. The number of aromatic nitrogens is 1. The molecule has 0 amide bonds. The zero-order valence-electron chi connectivity index (χ0n) is 14.5. The molecule has 2 unspecified atom stereocenters. The van der Waals surface area contributed by atoms with Crippen molar-refractivity contribution < 1.29 is 9.26 Å². The molecule has 1 aliphatic carbocycles. The SMILES string of the molecule is CCc1cc(CNC(=NC)NC2CC(C)(OC)C2(C)C)on1. The molecule has 1 heterocycles. The molecular weight excluding hydrogens is 280 g/mol. The monoisotopic (exact) mass is 308 g/mol. The van der Waals surface area contributed by atoms with E-state index in [4.69, 9.17) is 9.26 Å². The fraction of sp³-hybridized carbons (Fsp3) is 0.750. The average Bonchev–Trinajstić information content (AvgIpc) is 2.97. The number of aryl methyl sites for hydroxylation is 1. The molecule has 0 aliphatic heterocycles. The lowest BCUT2D eigenvalue weighted by Gasteiger charge is -2.59. The average molecular weight is 308 g/mol. The van der Waals surface area contributed by atoms with Crippen molar-refractivity contribution in [2.45, 2.75) is 58.7 Å². The third-order valence-electron chi connectivity index (χ3n) is 5.21. The minimum absolute atomic E-state index is 0.0426. The van der Waals surface area contributed by atoms with Crippen molar-refractivity contribution in [2.75, 3.05) is 14.2 Å². The molecule has 124 valence electrons. The third kappa shape index (κ3) is 2.97. The maximum absolute atomic E-state index is 5.66. The van der Waals surface area contributed by atoms with Gasteiger partial charge in [0.2, 0.25) is 0 Å². The summed E-state index contributed by atoms with van der Waals surface area (Å²) in [6.45, 7) is 9.22. The van der Waals surface area contributed by atoms with E-state index in [-0.39, 0.29) is 11.0 Å². The molecule has 1 fully saturated rings. The number of guanidine groups is 1. The van der Waals surface area contributed by atoms with Crippen molar-refractivity contribution in [1.29, 1.82) is 0 Å². The summed E-state index contributed by atoms with van der Waals surface area (Å²) in [5.41, 5.74) is 0.918. The first-order valence-corrected chi connectivity index (χ1v) is 7.83. The lowest BCUT2D eigenvalue weighted by molar-refractivity contribution is -0.176. The standard InChI is InChI=1S/C16H28N4O2/c1-7-11-8-12(22-20-11)10-18-14(17-5)19-13-9-16(4,21-6)15(13,2)3/h8,13H,7,9-10H2,1-6H3,(H2,17,18,19). The molecule has 6 heteroatoms. The first kappa shape index (κ1) is 16.8. The van der Waals surface area contributed by atoms with Gasteiger partial charge in [0.15, 0.2) is 11.7 Å². The first-order chi connectivity index (χ1) is 10.4. The van der Waals surface area contributed by atoms with E-state index in [1.165, 1.54) is 0 Å². The van der Waals surface area contributed by atoms with E-state index in [1.807, 2.05) is 6.07 Å². The Bertz CT molecular complexity index is 538. The number of methoxy groups -OCH3 is 1. The van der Waals surface area contributed by atoms with Gasteiger partial charge < -0.3 is 19.9 Å². The van der Waals surface area contributed by atoms with Crippen LogP contribution in [0.1, 0.15) is 45.6 Å². The van der Waals surface area contributed by atoms with Gasteiger partial charge in [-0.05, 0) is 19.8 Å². The van der Waals surface area contributed by atoms with Gasteiger partial charge in [0.25, 0.3) is 0 Å². The number of nitrogens with zero attached hydrogens (tertiary/aromatic N) is 2. The quantitative estimate of drug-likeness (QED) is 0.644. The summed E-state index contributed by atoms with van der Waals surface area (Å²) >= 11 is 0. The minimum atomic E-state index is -0.0928. The molecule has 0 spiro atoms. The summed E-state index contributed by atoms with van der Waals surface area (Å²) in [7, 11) is 3.55. The van der Waals surface area contributed by atoms with Crippen LogP contribution >= 0.6 is 0 Å². The van der Waals surface area contributed by atoms with Crippen LogP contribution in [0.2, 0.25) is 0 Å². The highest BCUT2D eigenvalue weighted by Gasteiger charge is 2.58. The molecule has 2 atom stereocenters. The molecule has 22 heavy (non-hydrogen) atoms. The molecule has 0 aromatic carbocycles. The van der Waals surface area contributed by atoms with E-state index in [2.05, 4.69) is 48.5 Å². The first-order valence-electron chi connectivity index (χ1n) is 7.83. The van der Waals surface area contributed by atoms with Crippen LogP contribution in [0.4, 0.5) is 0 Å². The van der Waals surface area contributed by atoms with E-state index in [1.54, 1.807) is 14.2 Å². The van der Waals surface area contributed by atoms with Gasteiger partial charge >= 0.3 is 0 Å². The molecule has 1 aromatic rings. The van der Waals surface area contributed by atoms with Crippen LogP contribution < -0.4 is 10.6 Å². The Morgan fingerprint density at radius 1 is 1.50 bits per heavy atom. The Morgan fingerprint density at radius 3 is 2.73 bits per heavy atom. The van der Waals surface area contributed by atoms with Gasteiger partial charge in [0.1, 0.15) is 0 Å². The van der Waals surface area contributed by atoms with E-state index >= 15 is 0 Å². The van der Waals surface area contributed by atoms with Gasteiger partial charge in [0.05, 0.1) is 17.8 Å². The van der Waals surface area contributed by atoms with Gasteiger partial charge in [-0.3, -0.25) is 4.99 Å². The Morgan fingerprint density at radius 2 is 2.23 bits per heavy atom. The van der Waals surface area contributed by atoms with Crippen molar-refractivity contribution in [2.24, 2.45) is 10.4 Å². The number of aliphatic imine (C=N–C) groups is 1. The summed E-state index contributed by atoms with van der Waals surface area (Å²) in [5.74, 6) is 1.58. The van der Waals surface area contributed by atoms with E-state index < -0.39 is 0 Å². The zero-order valence-corrected chi connectivity index (χ0v) is 14.5. The minimum Gasteiger partial charge on any atom is -0.378 e. The van der Waals surface area contributed by atoms with Crippen LogP contribution in [-0.4, -0.2) is 36.9 Å². The Kier molecular flexibility index (Phi) is 4.80. The third-order valence-corrected chi connectivity index (χ3v) is 5.21. The smallest absolute Gasteiger partial charge is 0.191 e. The van der Waals surface area contributed by atoms with Crippen molar-refractivity contribution in [3.05, 3.63) is 17.5 Å². The Labute approximate surface area is 132 Å². The summed E-state index contributed by atoms with van der Waals surface area (Å²) in [6.07, 6.45) is 1.84. The van der Waals surface area contributed by atoms with Crippen LogP contribution in [-0.2, 0) is 17.7 Å². The molecular formula is C16H28N4O2. The maximum atomic E-state index is 5.66. The van der Waals surface area contributed by atoms with Gasteiger partial charge in [-0.25, -0.2) is 0 Å². The molecule has 0 bridgehead atoms. The van der Waals surface area contributed by atoms with Crippen LogP contribution in [0.15, 0.2) is 15.6 Å². The van der Waals surface area contributed by atoms with Crippen LogP contribution in [0.3, 0.4) is 0 Å². The number of nitrogens with one attached hydrogen (secondary N) is 2. The summed E-state index contributed by atoms with van der Waals surface area (Å²) < 4.78 is 10.9. The van der Waals surface area contributed by atoms with Crippen molar-refractivity contribution in [3.63, 3.8) is 0 Å². The fourth-order valence-corrected chi connectivity index (χ4v) is 2.86. The van der Waals surface area contributed by atoms with E-state index in [9.17, 15) is 0 Å². The maximum Gasteiger partial charge on any atom is 0.191 e. The molecule has 2 N–H and O–H groups in total. The summed E-state index contributed by atoms with van der Waals surface area (Å²) in [5, 5.41) is 10.7. The van der Waals surface area contributed by atoms with Crippen molar-refractivity contribution in [1.82, 2.24) is 15.8 Å². The zero-order chi connectivity index (χ0) is 16.4. The van der Waals surface area contributed by atoms with E-state index in [0.29, 0.717) is 12.6 Å². The highest BCUT2D eigenvalue weighted by molar-refractivity contribution is 5.80. The number of hydrogen-bond acceptors (Lipinski definition) is 4. The Hall–Kier alpha value is -1.56. The molecule has 0 saturated heterocycles. The second-order valence-electron chi connectivity index (χ2n) is 6.62. The van der Waals surface area contributed by atoms with Crippen LogP contribution in [0.5, 0.6) is 0 Å². The van der Waals surface area contributed by atoms with Crippen LogP contribution in [0, 0.1) is 5.41 Å². The highest BCUT2D eigenvalue weighted by atomic mass is 16.5. The molecule has 0 radical (unpaired) electrons. The molecule has 6 nitrogen and oxygen atoms in total. The predicted octanol–water partition coefficient (Wildman–Crippen LogP) is 2.11. The predicted molar refractivity (Wildman–Crippen MR) is 86.8 cm³/mol. The second-order valence-corrected chi connectivity index (χ2v) is 6.62. The molecule has 1 saturated carbocycles. The fourth-order valence-electron chi connectivity index (χ4n) is 2.86. The largest absolute Gasteiger partial charge is 0.378 e. The van der Waals surface area contributed by atoms with Crippen molar-refractivity contribution in [3.8, 4) is 0 Å².